The van der Waals surface area contributed by atoms with Gasteiger partial charge < -0.3 is 19.3 Å². The van der Waals surface area contributed by atoms with Crippen LogP contribution in [0.2, 0.25) is 0 Å². The Bertz CT molecular complexity index is 952. The molecule has 30 heavy (non-hydrogen) atoms. The third-order valence-electron chi connectivity index (χ3n) is 4.97. The summed E-state index contributed by atoms with van der Waals surface area (Å²) >= 11 is 0. The number of ether oxygens (including phenoxy) is 2. The summed E-state index contributed by atoms with van der Waals surface area (Å²) in [5, 5.41) is 0. The Kier molecular flexibility index (Phi) is 6.66. The Morgan fingerprint density at radius 3 is 2.27 bits per heavy atom. The number of benzene rings is 1. The molecule has 1 saturated heterocycles. The number of pyridine rings is 1. The van der Waals surface area contributed by atoms with Crippen LogP contribution in [0, 0.1) is 6.92 Å². The summed E-state index contributed by atoms with van der Waals surface area (Å²) in [6.07, 6.45) is 0. The van der Waals surface area contributed by atoms with Gasteiger partial charge in [-0.05, 0) is 44.2 Å². The highest BCUT2D eigenvalue weighted by Gasteiger charge is 2.27. The van der Waals surface area contributed by atoms with E-state index in [1.54, 1.807) is 61.1 Å². The normalized spacial score (nSPS) is 13.7. The van der Waals surface area contributed by atoms with Crippen molar-refractivity contribution in [3.8, 4) is 5.75 Å². The molecule has 0 unspecified atom stereocenters. The fourth-order valence-electron chi connectivity index (χ4n) is 3.32. The van der Waals surface area contributed by atoms with Crippen LogP contribution in [0.5, 0.6) is 5.75 Å². The van der Waals surface area contributed by atoms with E-state index in [1.807, 2.05) is 0 Å². The van der Waals surface area contributed by atoms with Crippen LogP contribution in [0.15, 0.2) is 36.4 Å². The predicted molar refractivity (Wildman–Crippen MR) is 110 cm³/mol. The minimum Gasteiger partial charge on any atom is -0.497 e. The van der Waals surface area contributed by atoms with Crippen molar-refractivity contribution >= 4 is 17.8 Å². The number of rotatable bonds is 5. The van der Waals surface area contributed by atoms with Crippen LogP contribution >= 0.6 is 0 Å². The molecule has 2 heterocycles. The first-order valence-electron chi connectivity index (χ1n) is 9.82. The lowest BCUT2D eigenvalue weighted by atomic mass is 10.1. The van der Waals surface area contributed by atoms with Crippen molar-refractivity contribution in [1.29, 1.82) is 0 Å². The van der Waals surface area contributed by atoms with E-state index >= 15 is 0 Å². The van der Waals surface area contributed by atoms with E-state index in [4.69, 9.17) is 9.47 Å². The van der Waals surface area contributed by atoms with Crippen molar-refractivity contribution in [2.24, 2.45) is 0 Å². The number of carbonyl (C=O) groups is 3. The molecule has 8 nitrogen and oxygen atoms in total. The lowest BCUT2D eigenvalue weighted by Gasteiger charge is -2.34. The average molecular weight is 411 g/mol. The van der Waals surface area contributed by atoms with Crippen molar-refractivity contribution < 1.29 is 23.9 Å². The monoisotopic (exact) mass is 411 g/mol. The lowest BCUT2D eigenvalue weighted by Crippen LogP contribution is -2.50. The summed E-state index contributed by atoms with van der Waals surface area (Å²) in [5.74, 6) is -0.135. The highest BCUT2D eigenvalue weighted by molar-refractivity contribution is 5.96. The van der Waals surface area contributed by atoms with Gasteiger partial charge in [0.1, 0.15) is 11.4 Å². The molecule has 0 bridgehead atoms. The SMILES string of the molecule is CCOC(=O)c1ccc(C(=O)N2CCN(C(=O)c3cccc(OC)c3)CC2)nc1C. The van der Waals surface area contributed by atoms with Gasteiger partial charge in [0.15, 0.2) is 0 Å². The molecule has 0 atom stereocenters. The van der Waals surface area contributed by atoms with E-state index in [-0.39, 0.29) is 24.1 Å². The molecule has 0 saturated carbocycles. The summed E-state index contributed by atoms with van der Waals surface area (Å²) < 4.78 is 10.2. The largest absolute Gasteiger partial charge is 0.497 e. The molecule has 1 aliphatic rings. The second kappa shape index (κ2) is 9.39. The number of aromatic nitrogens is 1. The molecular formula is C22H25N3O5. The number of nitrogens with zero attached hydrogens (tertiary/aromatic N) is 3. The van der Waals surface area contributed by atoms with Gasteiger partial charge in [-0.2, -0.15) is 0 Å². The minimum absolute atomic E-state index is 0.0891. The maximum Gasteiger partial charge on any atom is 0.339 e. The quantitative estimate of drug-likeness (QED) is 0.701. The fraction of sp³-hybridized carbons (Fsp3) is 0.364. The minimum atomic E-state index is -0.453. The molecule has 1 aromatic carbocycles. The number of hydrogen-bond donors (Lipinski definition) is 0. The molecule has 1 aliphatic heterocycles. The van der Waals surface area contributed by atoms with E-state index in [0.29, 0.717) is 48.7 Å². The molecule has 0 radical (unpaired) electrons. The fourth-order valence-corrected chi connectivity index (χ4v) is 3.32. The van der Waals surface area contributed by atoms with Crippen molar-refractivity contribution in [2.75, 3.05) is 39.9 Å². The number of carbonyl (C=O) groups excluding carboxylic acids is 3. The first-order valence-corrected chi connectivity index (χ1v) is 9.82. The van der Waals surface area contributed by atoms with Crippen LogP contribution in [-0.4, -0.2) is 72.5 Å². The Labute approximate surface area is 175 Å². The van der Waals surface area contributed by atoms with Crippen molar-refractivity contribution in [2.45, 2.75) is 13.8 Å². The van der Waals surface area contributed by atoms with Crippen LogP contribution in [0.1, 0.15) is 43.8 Å². The van der Waals surface area contributed by atoms with Crippen LogP contribution < -0.4 is 4.74 Å². The van der Waals surface area contributed by atoms with E-state index in [2.05, 4.69) is 4.98 Å². The van der Waals surface area contributed by atoms with Gasteiger partial charge in [-0.3, -0.25) is 9.59 Å². The second-order valence-electron chi connectivity index (χ2n) is 6.87. The molecule has 0 aliphatic carbocycles. The number of piperazine rings is 1. The Morgan fingerprint density at radius 2 is 1.67 bits per heavy atom. The molecule has 2 aromatic rings. The van der Waals surface area contributed by atoms with Gasteiger partial charge in [-0.1, -0.05) is 6.07 Å². The molecule has 1 aromatic heterocycles. The summed E-state index contributed by atoms with van der Waals surface area (Å²) in [5.41, 5.74) is 1.63. The Hall–Kier alpha value is -3.42. The van der Waals surface area contributed by atoms with Gasteiger partial charge in [0, 0.05) is 31.7 Å². The van der Waals surface area contributed by atoms with E-state index in [9.17, 15) is 14.4 Å². The molecular weight excluding hydrogens is 386 g/mol. The highest BCUT2D eigenvalue weighted by atomic mass is 16.5. The Morgan fingerprint density at radius 1 is 1.00 bits per heavy atom. The standard InChI is InChI=1S/C22H25N3O5/c1-4-30-22(28)18-8-9-19(23-15(18)2)21(27)25-12-10-24(11-13-25)20(26)16-6-5-7-17(14-16)29-3/h5-9,14H,4,10-13H2,1-3H3. The number of hydrogen-bond acceptors (Lipinski definition) is 6. The summed E-state index contributed by atoms with van der Waals surface area (Å²) in [6, 6.07) is 10.1. The average Bonchev–Trinajstić information content (AvgIpc) is 2.78. The predicted octanol–water partition coefficient (Wildman–Crippen LogP) is 2.17. The zero-order valence-electron chi connectivity index (χ0n) is 17.4. The van der Waals surface area contributed by atoms with Crippen LogP contribution in [0.25, 0.3) is 0 Å². The molecule has 8 heteroatoms. The van der Waals surface area contributed by atoms with Crippen LogP contribution in [0.3, 0.4) is 0 Å². The van der Waals surface area contributed by atoms with Gasteiger partial charge in [0.05, 0.1) is 25.0 Å². The Balaban J connectivity index is 1.63. The van der Waals surface area contributed by atoms with E-state index < -0.39 is 5.97 Å². The molecule has 0 spiro atoms. The number of esters is 1. The zero-order chi connectivity index (χ0) is 21.7. The van der Waals surface area contributed by atoms with Gasteiger partial charge in [0.2, 0.25) is 0 Å². The number of methoxy groups -OCH3 is 1. The van der Waals surface area contributed by atoms with Crippen LogP contribution in [-0.2, 0) is 4.74 Å². The van der Waals surface area contributed by atoms with Crippen molar-refractivity contribution in [3.63, 3.8) is 0 Å². The van der Waals surface area contributed by atoms with E-state index in [1.165, 1.54) is 6.07 Å². The van der Waals surface area contributed by atoms with Crippen LogP contribution in [0.4, 0.5) is 0 Å². The third kappa shape index (κ3) is 4.59. The van der Waals surface area contributed by atoms with Gasteiger partial charge >= 0.3 is 5.97 Å². The molecule has 0 N–H and O–H groups in total. The number of amides is 2. The van der Waals surface area contributed by atoms with Gasteiger partial charge in [-0.25, -0.2) is 9.78 Å². The molecule has 3 rings (SSSR count). The van der Waals surface area contributed by atoms with Crippen molar-refractivity contribution in [3.05, 3.63) is 58.9 Å². The highest BCUT2D eigenvalue weighted by Crippen LogP contribution is 2.17. The van der Waals surface area contributed by atoms with Crippen molar-refractivity contribution in [1.82, 2.24) is 14.8 Å². The van der Waals surface area contributed by atoms with Gasteiger partial charge in [-0.15, -0.1) is 0 Å². The second-order valence-corrected chi connectivity index (χ2v) is 6.87. The molecule has 1 fully saturated rings. The van der Waals surface area contributed by atoms with E-state index in [0.717, 1.165) is 0 Å². The smallest absolute Gasteiger partial charge is 0.339 e. The first-order chi connectivity index (χ1) is 14.4. The first kappa shape index (κ1) is 21.3. The summed E-state index contributed by atoms with van der Waals surface area (Å²) in [4.78, 5) is 45.1. The summed E-state index contributed by atoms with van der Waals surface area (Å²) in [7, 11) is 1.56. The zero-order valence-corrected chi connectivity index (χ0v) is 17.4. The van der Waals surface area contributed by atoms with Gasteiger partial charge in [0.25, 0.3) is 11.8 Å². The third-order valence-corrected chi connectivity index (χ3v) is 4.97. The summed E-state index contributed by atoms with van der Waals surface area (Å²) in [6.45, 7) is 5.37. The topological polar surface area (TPSA) is 89.0 Å². The molecule has 158 valence electrons. The maximum atomic E-state index is 12.8. The lowest BCUT2D eigenvalue weighted by molar-refractivity contribution is 0.0521. The molecule has 2 amide bonds. The maximum absolute atomic E-state index is 12.8. The number of aryl methyl sites for hydroxylation is 1.